The maximum absolute atomic E-state index is 12.3. The van der Waals surface area contributed by atoms with Crippen LogP contribution in [0.1, 0.15) is 16.8 Å². The lowest BCUT2D eigenvalue weighted by Crippen LogP contribution is -2.14. The minimum absolute atomic E-state index is 0.0126. The van der Waals surface area contributed by atoms with Crippen LogP contribution in [0, 0.1) is 3.57 Å². The van der Waals surface area contributed by atoms with Gasteiger partial charge in [0.25, 0.3) is 5.91 Å². The molecule has 2 N–H and O–H groups in total. The Labute approximate surface area is 146 Å². The normalized spacial score (nSPS) is 13.8. The van der Waals surface area contributed by atoms with Gasteiger partial charge in [-0.05, 0) is 65.1 Å². The molecule has 1 heterocycles. The number of rotatable bonds is 2. The van der Waals surface area contributed by atoms with Crippen LogP contribution in [0.5, 0.6) is 0 Å². The van der Waals surface area contributed by atoms with Crippen molar-refractivity contribution in [3.05, 3.63) is 51.6 Å². The second kappa shape index (κ2) is 6.70. The second-order valence-corrected chi connectivity index (χ2v) is 7.20. The van der Waals surface area contributed by atoms with Crippen molar-refractivity contribution in [1.29, 1.82) is 0 Å². The highest BCUT2D eigenvalue weighted by Crippen LogP contribution is 2.31. The van der Waals surface area contributed by atoms with Gasteiger partial charge < -0.3 is 10.6 Å². The molecule has 4 nitrogen and oxygen atoms in total. The summed E-state index contributed by atoms with van der Waals surface area (Å²) in [7, 11) is 0. The Bertz CT molecular complexity index is 731. The van der Waals surface area contributed by atoms with Gasteiger partial charge in [0.05, 0.1) is 5.69 Å². The molecule has 2 aromatic carbocycles. The maximum atomic E-state index is 12.3. The van der Waals surface area contributed by atoms with E-state index in [2.05, 4.69) is 33.2 Å². The van der Waals surface area contributed by atoms with Crippen LogP contribution in [0.2, 0.25) is 0 Å². The summed E-state index contributed by atoms with van der Waals surface area (Å²) in [4.78, 5) is 24.9. The third kappa shape index (κ3) is 3.61. The fourth-order valence-electron chi connectivity index (χ4n) is 2.10. The highest BCUT2D eigenvalue weighted by Gasteiger charge is 2.15. The molecule has 6 heteroatoms. The average molecular weight is 424 g/mol. The van der Waals surface area contributed by atoms with Crippen LogP contribution in [0.25, 0.3) is 0 Å². The quantitative estimate of drug-likeness (QED) is 0.718. The molecule has 0 unspecified atom stereocenters. The van der Waals surface area contributed by atoms with Gasteiger partial charge in [-0.2, -0.15) is 0 Å². The third-order valence-corrected chi connectivity index (χ3v) is 5.00. The van der Waals surface area contributed by atoms with Crippen molar-refractivity contribution in [1.82, 2.24) is 0 Å². The number of carbonyl (C=O) groups excluding carboxylic acids is 2. The summed E-state index contributed by atoms with van der Waals surface area (Å²) in [5.41, 5.74) is 1.99. The topological polar surface area (TPSA) is 58.2 Å². The molecule has 0 saturated carbocycles. The van der Waals surface area contributed by atoms with Gasteiger partial charge in [-0.15, -0.1) is 11.8 Å². The zero-order chi connectivity index (χ0) is 15.5. The van der Waals surface area contributed by atoms with E-state index in [9.17, 15) is 9.59 Å². The monoisotopic (exact) mass is 424 g/mol. The van der Waals surface area contributed by atoms with Gasteiger partial charge in [0.15, 0.2) is 0 Å². The molecule has 112 valence electrons. The number of hydrogen-bond donors (Lipinski definition) is 2. The van der Waals surface area contributed by atoms with E-state index in [1.807, 2.05) is 30.3 Å². The van der Waals surface area contributed by atoms with Gasteiger partial charge >= 0.3 is 0 Å². The fourth-order valence-corrected chi connectivity index (χ4v) is 3.39. The summed E-state index contributed by atoms with van der Waals surface area (Å²) in [6.45, 7) is 0. The fraction of sp³-hybridized carbons (Fsp3) is 0.125. The summed E-state index contributed by atoms with van der Waals surface area (Å²) in [5, 5.41) is 5.71. The molecule has 0 aromatic heterocycles. The molecule has 3 rings (SSSR count). The van der Waals surface area contributed by atoms with Crippen LogP contribution in [-0.2, 0) is 4.79 Å². The smallest absolute Gasteiger partial charge is 0.255 e. The van der Waals surface area contributed by atoms with Gasteiger partial charge in [0.2, 0.25) is 5.91 Å². The third-order valence-electron chi connectivity index (χ3n) is 3.20. The Morgan fingerprint density at radius 1 is 1.18 bits per heavy atom. The van der Waals surface area contributed by atoms with Crippen LogP contribution in [0.15, 0.2) is 47.4 Å². The Kier molecular flexibility index (Phi) is 4.68. The van der Waals surface area contributed by atoms with E-state index in [0.29, 0.717) is 17.7 Å². The summed E-state index contributed by atoms with van der Waals surface area (Å²) < 4.78 is 1.11. The number of amides is 2. The van der Waals surface area contributed by atoms with Crippen molar-refractivity contribution in [2.24, 2.45) is 0 Å². The van der Waals surface area contributed by atoms with Gasteiger partial charge in [0.1, 0.15) is 0 Å². The highest BCUT2D eigenvalue weighted by molar-refractivity contribution is 14.1. The Morgan fingerprint density at radius 3 is 2.73 bits per heavy atom. The molecule has 1 aliphatic heterocycles. The lowest BCUT2D eigenvalue weighted by Gasteiger charge is -2.10. The van der Waals surface area contributed by atoms with Crippen LogP contribution in [0.4, 0.5) is 11.4 Å². The van der Waals surface area contributed by atoms with Gasteiger partial charge in [0, 0.05) is 31.9 Å². The van der Waals surface area contributed by atoms with Crippen LogP contribution in [0.3, 0.4) is 0 Å². The van der Waals surface area contributed by atoms with Crippen LogP contribution >= 0.6 is 34.4 Å². The Morgan fingerprint density at radius 2 is 1.95 bits per heavy atom. The van der Waals surface area contributed by atoms with E-state index in [1.165, 1.54) is 0 Å². The lowest BCUT2D eigenvalue weighted by atomic mass is 10.1. The minimum atomic E-state index is -0.187. The van der Waals surface area contributed by atoms with Crippen molar-refractivity contribution in [3.8, 4) is 0 Å². The molecular formula is C16H13IN2O2S. The van der Waals surface area contributed by atoms with Crippen LogP contribution in [-0.4, -0.2) is 17.6 Å². The number of thioether (sulfide) groups is 1. The zero-order valence-corrected chi connectivity index (χ0v) is 14.5. The number of carbonyl (C=O) groups is 2. The first-order chi connectivity index (χ1) is 10.6. The molecule has 0 bridgehead atoms. The predicted octanol–water partition coefficient (Wildman–Crippen LogP) is 3.98. The number of halogens is 1. The molecular weight excluding hydrogens is 411 g/mol. The Hall–Kier alpha value is -1.54. The van der Waals surface area contributed by atoms with E-state index in [-0.39, 0.29) is 11.8 Å². The molecule has 22 heavy (non-hydrogen) atoms. The van der Waals surface area contributed by atoms with Gasteiger partial charge in [-0.3, -0.25) is 9.59 Å². The van der Waals surface area contributed by atoms with Crippen molar-refractivity contribution in [2.45, 2.75) is 11.3 Å². The van der Waals surface area contributed by atoms with Crippen molar-refractivity contribution in [3.63, 3.8) is 0 Å². The zero-order valence-electron chi connectivity index (χ0n) is 11.6. The molecule has 0 fully saturated rings. The number of nitrogens with one attached hydrogen (secondary N) is 2. The molecule has 0 radical (unpaired) electrons. The summed E-state index contributed by atoms with van der Waals surface area (Å²) in [6, 6.07) is 13.0. The molecule has 1 aliphatic rings. The van der Waals surface area contributed by atoms with E-state index >= 15 is 0 Å². The molecule has 2 amide bonds. The maximum Gasteiger partial charge on any atom is 0.255 e. The predicted molar refractivity (Wildman–Crippen MR) is 97.5 cm³/mol. The first kappa shape index (κ1) is 15.4. The SMILES string of the molecule is O=C1CCSc2ccc(C(=O)Nc3ccc(I)cc3)cc2N1. The summed E-state index contributed by atoms with van der Waals surface area (Å²) in [5.74, 6) is 0.557. The van der Waals surface area contributed by atoms with E-state index in [0.717, 1.165) is 19.9 Å². The van der Waals surface area contributed by atoms with Gasteiger partial charge in [-0.1, -0.05) is 0 Å². The first-order valence-corrected chi connectivity index (χ1v) is 8.82. The van der Waals surface area contributed by atoms with Crippen molar-refractivity contribution in [2.75, 3.05) is 16.4 Å². The minimum Gasteiger partial charge on any atom is -0.325 e. The van der Waals surface area contributed by atoms with E-state index in [4.69, 9.17) is 0 Å². The van der Waals surface area contributed by atoms with Crippen molar-refractivity contribution < 1.29 is 9.59 Å². The molecule has 0 saturated heterocycles. The standard InChI is InChI=1S/C16H13IN2O2S/c17-11-2-4-12(5-3-11)18-16(21)10-1-6-14-13(9-10)19-15(20)7-8-22-14/h1-6,9H,7-8H2,(H,18,21)(H,19,20). The highest BCUT2D eigenvalue weighted by atomic mass is 127. The van der Waals surface area contributed by atoms with E-state index in [1.54, 1.807) is 23.9 Å². The summed E-state index contributed by atoms with van der Waals surface area (Å²) in [6.07, 6.45) is 0.490. The number of fused-ring (bicyclic) bond motifs is 1. The molecule has 0 spiro atoms. The largest absolute Gasteiger partial charge is 0.325 e. The molecule has 0 aliphatic carbocycles. The number of hydrogen-bond acceptors (Lipinski definition) is 3. The first-order valence-electron chi connectivity index (χ1n) is 6.75. The molecule has 0 atom stereocenters. The second-order valence-electron chi connectivity index (χ2n) is 4.82. The Balaban J connectivity index is 1.81. The number of anilines is 2. The number of benzene rings is 2. The van der Waals surface area contributed by atoms with Gasteiger partial charge in [-0.25, -0.2) is 0 Å². The van der Waals surface area contributed by atoms with Crippen LogP contribution < -0.4 is 10.6 Å². The van der Waals surface area contributed by atoms with Crippen molar-refractivity contribution >= 4 is 57.5 Å². The van der Waals surface area contributed by atoms with E-state index < -0.39 is 0 Å². The average Bonchev–Trinajstić information content (AvgIpc) is 2.69. The molecule has 2 aromatic rings. The summed E-state index contributed by atoms with van der Waals surface area (Å²) >= 11 is 3.84. The lowest BCUT2D eigenvalue weighted by molar-refractivity contribution is -0.115.